The lowest BCUT2D eigenvalue weighted by Gasteiger charge is -2.19. The molecule has 1 atom stereocenters. The van der Waals surface area contributed by atoms with Gasteiger partial charge in [0.05, 0.1) is 28.0 Å². The Labute approximate surface area is 266 Å². The SMILES string of the molecule is CC1(O)OC(=O)C(c2c(F)cccc2F)=C1c1ccccc1.Cc1n[nH]c(=O)c(-c2c(F)cccc2F)c1-c1ccccc1.NN.O. The molecule has 0 aliphatic carbocycles. The number of hydrogen-bond donors (Lipinski definition) is 4. The van der Waals surface area contributed by atoms with Crippen molar-refractivity contribution in [2.75, 3.05) is 0 Å². The van der Waals surface area contributed by atoms with Crippen molar-refractivity contribution in [1.29, 1.82) is 0 Å². The highest BCUT2D eigenvalue weighted by atomic mass is 19.1. The lowest BCUT2D eigenvalue weighted by molar-refractivity contribution is -0.169. The third-order valence-corrected chi connectivity index (χ3v) is 6.92. The summed E-state index contributed by atoms with van der Waals surface area (Å²) in [6.07, 6.45) is 0. The molecule has 9 nitrogen and oxygen atoms in total. The van der Waals surface area contributed by atoms with Gasteiger partial charge in [0.15, 0.2) is 0 Å². The summed E-state index contributed by atoms with van der Waals surface area (Å²) in [6.45, 7) is 2.94. The Morgan fingerprint density at radius 3 is 1.62 bits per heavy atom. The summed E-state index contributed by atoms with van der Waals surface area (Å²) in [7, 11) is 0. The van der Waals surface area contributed by atoms with E-state index in [2.05, 4.69) is 21.9 Å². The number of carbonyl (C=O) groups is 1. The van der Waals surface area contributed by atoms with Crippen LogP contribution in [0.2, 0.25) is 0 Å². The predicted molar refractivity (Wildman–Crippen MR) is 169 cm³/mol. The number of aliphatic hydroxyl groups is 1. The number of aryl methyl sites for hydroxylation is 1. The maximum atomic E-state index is 14.1. The number of nitrogens with two attached hydrogens (primary N) is 2. The molecule has 0 amide bonds. The molecule has 4 aromatic carbocycles. The van der Waals surface area contributed by atoms with Crippen molar-refractivity contribution in [1.82, 2.24) is 10.2 Å². The van der Waals surface area contributed by atoms with E-state index in [1.54, 1.807) is 61.5 Å². The minimum Gasteiger partial charge on any atom is -0.425 e. The first-order valence-corrected chi connectivity index (χ1v) is 13.6. The molecule has 0 radical (unpaired) electrons. The van der Waals surface area contributed by atoms with E-state index < -0.39 is 46.1 Å². The second kappa shape index (κ2) is 15.2. The highest BCUT2D eigenvalue weighted by molar-refractivity contribution is 6.28. The van der Waals surface area contributed by atoms with E-state index >= 15 is 0 Å². The number of esters is 1. The van der Waals surface area contributed by atoms with Gasteiger partial charge >= 0.3 is 5.97 Å². The molecule has 2 heterocycles. The monoisotopic (exact) mass is 650 g/mol. The number of H-pyrrole nitrogens is 1. The van der Waals surface area contributed by atoms with Gasteiger partial charge in [-0.3, -0.25) is 16.5 Å². The number of hydrazine groups is 1. The third kappa shape index (κ3) is 7.34. The van der Waals surface area contributed by atoms with Crippen LogP contribution in [0.4, 0.5) is 17.6 Å². The number of nitrogens with one attached hydrogen (secondary N) is 1. The second-order valence-corrected chi connectivity index (χ2v) is 9.94. The first-order chi connectivity index (χ1) is 22.0. The molecule has 244 valence electrons. The fraction of sp³-hybridized carbons (Fsp3) is 0.0882. The van der Waals surface area contributed by atoms with Gasteiger partial charge in [-0.05, 0) is 42.3 Å². The highest BCUT2D eigenvalue weighted by Crippen LogP contribution is 2.43. The van der Waals surface area contributed by atoms with E-state index in [0.717, 1.165) is 24.3 Å². The number of aromatic amines is 1. The molecule has 8 N–H and O–H groups in total. The molecule has 47 heavy (non-hydrogen) atoms. The van der Waals surface area contributed by atoms with Crippen molar-refractivity contribution in [3.8, 4) is 22.3 Å². The number of hydrogen-bond acceptors (Lipinski definition) is 7. The number of aromatic nitrogens is 2. The molecule has 13 heteroatoms. The lowest BCUT2D eigenvalue weighted by Crippen LogP contribution is -2.26. The predicted octanol–water partition coefficient (Wildman–Crippen LogP) is 4.83. The number of rotatable bonds is 4. The third-order valence-electron chi connectivity index (χ3n) is 6.92. The molecular weight excluding hydrogens is 620 g/mol. The van der Waals surface area contributed by atoms with Gasteiger partial charge in [0.2, 0.25) is 5.79 Å². The van der Waals surface area contributed by atoms with Gasteiger partial charge in [-0.25, -0.2) is 27.5 Å². The summed E-state index contributed by atoms with van der Waals surface area (Å²) in [5.74, 6) is 1.73. The van der Waals surface area contributed by atoms with Crippen LogP contribution in [-0.4, -0.2) is 32.5 Å². The van der Waals surface area contributed by atoms with Crippen molar-refractivity contribution in [3.63, 3.8) is 0 Å². The van der Waals surface area contributed by atoms with Crippen molar-refractivity contribution in [2.24, 2.45) is 11.7 Å². The highest BCUT2D eigenvalue weighted by Gasteiger charge is 2.45. The maximum Gasteiger partial charge on any atom is 0.342 e. The number of carbonyl (C=O) groups excluding carboxylic acids is 1. The van der Waals surface area contributed by atoms with Gasteiger partial charge in [-0.1, -0.05) is 72.8 Å². The van der Waals surface area contributed by atoms with E-state index in [-0.39, 0.29) is 27.7 Å². The molecule has 0 bridgehead atoms. The fourth-order valence-electron chi connectivity index (χ4n) is 5.07. The Balaban J connectivity index is 0.000000238. The van der Waals surface area contributed by atoms with Gasteiger partial charge < -0.3 is 15.3 Å². The summed E-state index contributed by atoms with van der Waals surface area (Å²) >= 11 is 0. The largest absolute Gasteiger partial charge is 0.425 e. The molecule has 0 saturated heterocycles. The van der Waals surface area contributed by atoms with E-state index in [4.69, 9.17) is 4.74 Å². The van der Waals surface area contributed by atoms with Crippen LogP contribution in [0.1, 0.15) is 23.7 Å². The van der Waals surface area contributed by atoms with Gasteiger partial charge in [-0.15, -0.1) is 0 Å². The zero-order chi connectivity index (χ0) is 33.6. The van der Waals surface area contributed by atoms with E-state index in [1.807, 2.05) is 6.07 Å². The number of halogens is 4. The van der Waals surface area contributed by atoms with Crippen LogP contribution in [0, 0.1) is 30.2 Å². The average Bonchev–Trinajstić information content (AvgIpc) is 3.28. The molecule has 0 saturated carbocycles. The van der Waals surface area contributed by atoms with E-state index in [9.17, 15) is 32.3 Å². The van der Waals surface area contributed by atoms with Crippen LogP contribution in [-0.2, 0) is 9.53 Å². The van der Waals surface area contributed by atoms with Gasteiger partial charge in [-0.2, -0.15) is 5.10 Å². The van der Waals surface area contributed by atoms with Crippen LogP contribution in [0.25, 0.3) is 33.4 Å². The summed E-state index contributed by atoms with van der Waals surface area (Å²) < 4.78 is 61.3. The maximum absolute atomic E-state index is 14.1. The minimum atomic E-state index is -1.96. The van der Waals surface area contributed by atoms with Crippen molar-refractivity contribution < 1.29 is 37.7 Å². The van der Waals surface area contributed by atoms with E-state index in [1.165, 1.54) is 19.1 Å². The van der Waals surface area contributed by atoms with Crippen LogP contribution in [0.3, 0.4) is 0 Å². The molecule has 1 unspecified atom stereocenters. The first kappa shape index (κ1) is 36.0. The summed E-state index contributed by atoms with van der Waals surface area (Å²) in [4.78, 5) is 24.3. The summed E-state index contributed by atoms with van der Waals surface area (Å²) in [5.41, 5.74) is 0.276. The number of cyclic esters (lactones) is 1. The first-order valence-electron chi connectivity index (χ1n) is 13.6. The molecular formula is C34H30F4N4O5. The number of ether oxygens (including phenoxy) is 1. The molecule has 1 aliphatic rings. The van der Waals surface area contributed by atoms with Crippen LogP contribution >= 0.6 is 0 Å². The zero-order valence-corrected chi connectivity index (χ0v) is 25.0. The van der Waals surface area contributed by atoms with E-state index in [0.29, 0.717) is 22.4 Å². The van der Waals surface area contributed by atoms with Crippen molar-refractivity contribution in [2.45, 2.75) is 19.6 Å². The molecule has 1 aromatic heterocycles. The normalized spacial score (nSPS) is 15.0. The smallest absolute Gasteiger partial charge is 0.342 e. The van der Waals surface area contributed by atoms with Gasteiger partial charge in [0, 0.05) is 18.1 Å². The van der Waals surface area contributed by atoms with Crippen molar-refractivity contribution >= 4 is 17.1 Å². The molecule has 5 aromatic rings. The zero-order valence-electron chi connectivity index (χ0n) is 25.0. The Morgan fingerprint density at radius 2 is 1.13 bits per heavy atom. The van der Waals surface area contributed by atoms with Crippen molar-refractivity contribution in [3.05, 3.63) is 148 Å². The number of benzene rings is 4. The molecule has 0 fully saturated rings. The average molecular weight is 651 g/mol. The van der Waals surface area contributed by atoms with Gasteiger partial charge in [0.25, 0.3) is 5.56 Å². The Bertz CT molecular complexity index is 1930. The fourth-order valence-corrected chi connectivity index (χ4v) is 5.07. The quantitative estimate of drug-likeness (QED) is 0.0933. The lowest BCUT2D eigenvalue weighted by atomic mass is 9.91. The summed E-state index contributed by atoms with van der Waals surface area (Å²) in [6, 6.07) is 24.2. The molecule has 6 rings (SSSR count). The molecule has 1 aliphatic heterocycles. The Hall–Kier alpha value is -5.47. The van der Waals surface area contributed by atoms with Gasteiger partial charge in [0.1, 0.15) is 23.3 Å². The standard InChI is InChI=1S/C17H12F2N2O.C17H12F2O3.H4N2.H2O/c1-10-14(11-6-3-2-4-7-11)16(17(22)21-20-10)15-12(18)8-5-9-13(15)19;1-17(21)15(10-6-3-2-4-7-10)14(16(20)22-17)13-11(18)8-5-9-12(13)19;1-2;/h2-9H,1H3,(H,21,22);2-9,21H,1H3;1-2H2;1H2. The van der Waals surface area contributed by atoms with Crippen LogP contribution in [0.5, 0.6) is 0 Å². The Morgan fingerprint density at radius 1 is 0.681 bits per heavy atom. The van der Waals surface area contributed by atoms with Crippen LogP contribution < -0.4 is 17.2 Å². The topological polar surface area (TPSA) is 176 Å². The minimum absolute atomic E-state index is 0. The second-order valence-electron chi connectivity index (χ2n) is 9.94. The Kier molecular flexibility index (Phi) is 11.7. The molecule has 0 spiro atoms. The van der Waals surface area contributed by atoms with Crippen LogP contribution in [0.15, 0.2) is 102 Å². The summed E-state index contributed by atoms with van der Waals surface area (Å²) in [5, 5.41) is 16.6. The number of nitrogens with zero attached hydrogens (tertiary/aromatic N) is 1.